The van der Waals surface area contributed by atoms with E-state index >= 15 is 0 Å². The third kappa shape index (κ3) is 3.82. The van der Waals surface area contributed by atoms with Crippen LogP contribution in [0.25, 0.3) is 0 Å². The zero-order valence-corrected chi connectivity index (χ0v) is 13.1. The molecular formula is C14H16F2N4OS. The highest BCUT2D eigenvalue weighted by Crippen LogP contribution is 2.18. The number of halogens is 2. The number of rotatable bonds is 5. The van der Waals surface area contributed by atoms with Gasteiger partial charge >= 0.3 is 0 Å². The maximum absolute atomic E-state index is 13.2. The Labute approximate surface area is 132 Å². The molecule has 0 bridgehead atoms. The molecule has 2 rings (SSSR count). The Morgan fingerprint density at radius 1 is 1.32 bits per heavy atom. The SMILES string of the molecule is CC(C)(NC(=O)c1cc(F)cc(F)c1)c1cn(CCS)nn1. The van der Waals surface area contributed by atoms with Crippen LogP contribution in [0.15, 0.2) is 24.4 Å². The normalized spacial score (nSPS) is 11.5. The lowest BCUT2D eigenvalue weighted by atomic mass is 10.0. The fraction of sp³-hybridized carbons (Fsp3) is 0.357. The number of aryl methyl sites for hydroxylation is 1. The lowest BCUT2D eigenvalue weighted by molar-refractivity contribution is 0.0909. The van der Waals surface area contributed by atoms with Crippen LogP contribution in [-0.4, -0.2) is 26.7 Å². The van der Waals surface area contributed by atoms with Gasteiger partial charge in [0.05, 0.1) is 18.3 Å². The van der Waals surface area contributed by atoms with Gasteiger partial charge in [0.2, 0.25) is 0 Å². The average molecular weight is 326 g/mol. The fourth-order valence-corrected chi connectivity index (χ4v) is 2.11. The van der Waals surface area contributed by atoms with Crippen molar-refractivity contribution in [2.75, 3.05) is 5.75 Å². The van der Waals surface area contributed by atoms with E-state index in [4.69, 9.17) is 0 Å². The van der Waals surface area contributed by atoms with Crippen LogP contribution in [0.4, 0.5) is 8.78 Å². The van der Waals surface area contributed by atoms with Crippen molar-refractivity contribution in [3.05, 3.63) is 47.3 Å². The van der Waals surface area contributed by atoms with Gasteiger partial charge in [0, 0.05) is 17.4 Å². The standard InChI is InChI=1S/C14H16F2N4OS/c1-14(2,12-8-20(3-4-22)19-18-12)17-13(21)9-5-10(15)7-11(16)6-9/h5-8,22H,3-4H2,1-2H3,(H,17,21). The smallest absolute Gasteiger partial charge is 0.252 e. The topological polar surface area (TPSA) is 59.8 Å². The molecule has 0 atom stereocenters. The van der Waals surface area contributed by atoms with E-state index in [1.54, 1.807) is 24.7 Å². The average Bonchev–Trinajstić information content (AvgIpc) is 2.87. The second-order valence-electron chi connectivity index (χ2n) is 5.33. The molecule has 2 aromatic rings. The Bertz CT molecular complexity index is 667. The van der Waals surface area contributed by atoms with Gasteiger partial charge in [0.15, 0.2) is 0 Å². The number of nitrogens with zero attached hydrogens (tertiary/aromatic N) is 3. The van der Waals surface area contributed by atoms with Crippen LogP contribution < -0.4 is 5.32 Å². The zero-order chi connectivity index (χ0) is 16.3. The summed E-state index contributed by atoms with van der Waals surface area (Å²) in [6.45, 7) is 4.06. The van der Waals surface area contributed by atoms with Gasteiger partial charge in [-0.2, -0.15) is 12.6 Å². The number of nitrogens with one attached hydrogen (secondary N) is 1. The van der Waals surface area contributed by atoms with Crippen LogP contribution in [0.5, 0.6) is 0 Å². The van der Waals surface area contributed by atoms with Crippen molar-refractivity contribution in [3.8, 4) is 0 Å². The molecule has 0 aliphatic carbocycles. The highest BCUT2D eigenvalue weighted by Gasteiger charge is 2.27. The van der Waals surface area contributed by atoms with Gasteiger partial charge in [-0.3, -0.25) is 9.48 Å². The lowest BCUT2D eigenvalue weighted by Crippen LogP contribution is -2.41. The molecule has 5 nitrogen and oxygen atoms in total. The van der Waals surface area contributed by atoms with Gasteiger partial charge in [-0.15, -0.1) is 5.10 Å². The van der Waals surface area contributed by atoms with Gasteiger partial charge < -0.3 is 5.32 Å². The van der Waals surface area contributed by atoms with Gasteiger partial charge in [-0.1, -0.05) is 5.21 Å². The van der Waals surface area contributed by atoms with Crippen molar-refractivity contribution >= 4 is 18.5 Å². The Kier molecular flexibility index (Phi) is 4.80. The van der Waals surface area contributed by atoms with Crippen molar-refractivity contribution in [1.82, 2.24) is 20.3 Å². The molecule has 1 heterocycles. The molecule has 1 aromatic heterocycles. The van der Waals surface area contributed by atoms with Crippen LogP contribution in [0, 0.1) is 11.6 Å². The van der Waals surface area contributed by atoms with Crippen molar-refractivity contribution < 1.29 is 13.6 Å². The number of carbonyl (C=O) groups excluding carboxylic acids is 1. The van der Waals surface area contributed by atoms with E-state index in [2.05, 4.69) is 28.3 Å². The Hall–Kier alpha value is -1.96. The molecule has 118 valence electrons. The molecule has 0 saturated carbocycles. The fourth-order valence-electron chi connectivity index (χ4n) is 1.90. The van der Waals surface area contributed by atoms with Crippen molar-refractivity contribution in [2.45, 2.75) is 25.9 Å². The van der Waals surface area contributed by atoms with Crippen molar-refractivity contribution in [2.24, 2.45) is 0 Å². The Morgan fingerprint density at radius 2 is 1.95 bits per heavy atom. The highest BCUT2D eigenvalue weighted by molar-refractivity contribution is 7.80. The summed E-state index contributed by atoms with van der Waals surface area (Å²) < 4.78 is 28.0. The third-order valence-electron chi connectivity index (χ3n) is 3.06. The van der Waals surface area contributed by atoms with E-state index in [0.29, 0.717) is 24.1 Å². The molecule has 0 unspecified atom stereocenters. The minimum Gasteiger partial charge on any atom is -0.341 e. The predicted octanol–water partition coefficient (Wildman–Crippen LogP) is 2.15. The summed E-state index contributed by atoms with van der Waals surface area (Å²) in [7, 11) is 0. The summed E-state index contributed by atoms with van der Waals surface area (Å²) >= 11 is 4.11. The molecule has 22 heavy (non-hydrogen) atoms. The zero-order valence-electron chi connectivity index (χ0n) is 12.2. The first-order valence-corrected chi connectivity index (χ1v) is 7.25. The molecule has 0 aliphatic heterocycles. The van der Waals surface area contributed by atoms with Gasteiger partial charge in [-0.25, -0.2) is 8.78 Å². The molecule has 1 N–H and O–H groups in total. The minimum atomic E-state index is -0.839. The monoisotopic (exact) mass is 326 g/mol. The van der Waals surface area contributed by atoms with E-state index < -0.39 is 23.1 Å². The minimum absolute atomic E-state index is 0.0895. The van der Waals surface area contributed by atoms with Gasteiger partial charge in [0.25, 0.3) is 5.91 Å². The van der Waals surface area contributed by atoms with Crippen LogP contribution in [0.2, 0.25) is 0 Å². The van der Waals surface area contributed by atoms with E-state index in [0.717, 1.165) is 12.1 Å². The number of benzene rings is 1. The molecule has 1 aromatic carbocycles. The summed E-state index contributed by atoms with van der Waals surface area (Å²) in [5, 5.41) is 10.6. The van der Waals surface area contributed by atoms with E-state index in [1.807, 2.05) is 0 Å². The molecule has 8 heteroatoms. The van der Waals surface area contributed by atoms with Crippen LogP contribution >= 0.6 is 12.6 Å². The van der Waals surface area contributed by atoms with Crippen molar-refractivity contribution in [1.29, 1.82) is 0 Å². The first kappa shape index (κ1) is 16.4. The summed E-state index contributed by atoms with van der Waals surface area (Å²) in [4.78, 5) is 12.2. The molecule has 1 amide bonds. The van der Waals surface area contributed by atoms with Gasteiger partial charge in [0.1, 0.15) is 17.3 Å². The Morgan fingerprint density at radius 3 is 2.55 bits per heavy atom. The number of hydrogen-bond acceptors (Lipinski definition) is 4. The molecule has 0 fully saturated rings. The molecule has 0 radical (unpaired) electrons. The molecule has 0 aliphatic rings. The maximum Gasteiger partial charge on any atom is 0.252 e. The first-order valence-electron chi connectivity index (χ1n) is 6.62. The van der Waals surface area contributed by atoms with E-state index in [-0.39, 0.29) is 5.56 Å². The number of carbonyl (C=O) groups is 1. The van der Waals surface area contributed by atoms with Crippen molar-refractivity contribution in [3.63, 3.8) is 0 Å². The lowest BCUT2D eigenvalue weighted by Gasteiger charge is -2.23. The molecule has 0 saturated heterocycles. The second kappa shape index (κ2) is 6.43. The maximum atomic E-state index is 13.2. The summed E-state index contributed by atoms with van der Waals surface area (Å²) in [5.41, 5.74) is -0.387. The third-order valence-corrected chi connectivity index (χ3v) is 3.26. The van der Waals surface area contributed by atoms with Crippen LogP contribution in [0.3, 0.4) is 0 Å². The highest BCUT2D eigenvalue weighted by atomic mass is 32.1. The predicted molar refractivity (Wildman–Crippen MR) is 80.7 cm³/mol. The number of hydrogen-bond donors (Lipinski definition) is 2. The van der Waals surface area contributed by atoms with Crippen LogP contribution in [0.1, 0.15) is 29.9 Å². The number of amides is 1. The molecule has 0 spiro atoms. The van der Waals surface area contributed by atoms with Crippen LogP contribution in [-0.2, 0) is 12.1 Å². The number of thiol groups is 1. The quantitative estimate of drug-likeness (QED) is 0.828. The largest absolute Gasteiger partial charge is 0.341 e. The summed E-state index contributed by atoms with van der Waals surface area (Å²) in [6.07, 6.45) is 1.70. The summed E-state index contributed by atoms with van der Waals surface area (Å²) in [5.74, 6) is -1.59. The molecular weight excluding hydrogens is 310 g/mol. The Balaban J connectivity index is 2.17. The first-order chi connectivity index (χ1) is 10.3. The van der Waals surface area contributed by atoms with E-state index in [9.17, 15) is 13.6 Å². The summed E-state index contributed by atoms with van der Waals surface area (Å²) in [6, 6.07) is 2.67. The second-order valence-corrected chi connectivity index (χ2v) is 5.77. The van der Waals surface area contributed by atoms with E-state index in [1.165, 1.54) is 0 Å². The van der Waals surface area contributed by atoms with Gasteiger partial charge in [-0.05, 0) is 26.0 Å². The number of aromatic nitrogens is 3.